The normalized spacial score (nSPS) is 11.3. The van der Waals surface area contributed by atoms with Crippen molar-refractivity contribution in [1.82, 2.24) is 0 Å². The van der Waals surface area contributed by atoms with Gasteiger partial charge in [0, 0.05) is 23.2 Å². The first kappa shape index (κ1) is 21.3. The van der Waals surface area contributed by atoms with Crippen LogP contribution in [0.15, 0.2) is 54.2 Å². The molecular weight excluding hydrogens is 378 g/mol. The minimum absolute atomic E-state index is 0.453. The summed E-state index contributed by atoms with van der Waals surface area (Å²) in [5, 5.41) is 0. The highest BCUT2D eigenvalue weighted by atomic mass is 35.5. The average Bonchev–Trinajstić information content (AvgIpc) is 2.66. The van der Waals surface area contributed by atoms with E-state index in [9.17, 15) is 0 Å². The molecule has 5 heteroatoms. The SMILES string of the molecule is CCc1cc(C(=S)C=C(C)N)c(OCc2ccccc2)cc1OCCCCl. The van der Waals surface area contributed by atoms with E-state index in [4.69, 9.17) is 39.0 Å². The molecule has 0 unspecified atom stereocenters. The van der Waals surface area contributed by atoms with Gasteiger partial charge in [-0.2, -0.15) is 0 Å². The molecule has 0 saturated carbocycles. The average molecular weight is 404 g/mol. The third kappa shape index (κ3) is 6.56. The van der Waals surface area contributed by atoms with Crippen molar-refractivity contribution in [1.29, 1.82) is 0 Å². The second kappa shape index (κ2) is 11.0. The van der Waals surface area contributed by atoms with Crippen LogP contribution in [0.5, 0.6) is 11.5 Å². The van der Waals surface area contributed by atoms with Crippen LogP contribution in [-0.2, 0) is 13.0 Å². The van der Waals surface area contributed by atoms with Crippen LogP contribution in [-0.4, -0.2) is 17.4 Å². The van der Waals surface area contributed by atoms with E-state index in [1.165, 1.54) is 0 Å². The highest BCUT2D eigenvalue weighted by Gasteiger charge is 2.14. The third-order valence-electron chi connectivity index (χ3n) is 3.94. The largest absolute Gasteiger partial charge is 0.493 e. The van der Waals surface area contributed by atoms with E-state index in [1.807, 2.05) is 49.4 Å². The Kier molecular flexibility index (Phi) is 8.62. The van der Waals surface area contributed by atoms with Crippen molar-refractivity contribution in [2.24, 2.45) is 5.73 Å². The van der Waals surface area contributed by atoms with E-state index >= 15 is 0 Å². The van der Waals surface area contributed by atoms with Crippen LogP contribution in [0, 0.1) is 0 Å². The zero-order chi connectivity index (χ0) is 19.6. The molecule has 0 heterocycles. The monoisotopic (exact) mass is 403 g/mol. The highest BCUT2D eigenvalue weighted by Crippen LogP contribution is 2.32. The first-order valence-electron chi connectivity index (χ1n) is 9.05. The lowest BCUT2D eigenvalue weighted by atomic mass is 10.0. The van der Waals surface area contributed by atoms with Crippen LogP contribution in [0.25, 0.3) is 0 Å². The molecule has 0 amide bonds. The number of aryl methyl sites for hydroxylation is 1. The molecule has 0 atom stereocenters. The summed E-state index contributed by atoms with van der Waals surface area (Å²) in [4.78, 5) is 0.653. The maximum Gasteiger partial charge on any atom is 0.132 e. The standard InChI is InChI=1S/C22H26ClNO2S/c1-3-18-13-19(22(27)12-16(2)24)21(14-20(18)25-11-7-10-23)26-15-17-8-5-4-6-9-17/h4-6,8-9,12-14H,3,7,10-11,15,24H2,1-2H3. The number of alkyl halides is 1. The van der Waals surface area contributed by atoms with E-state index in [0.717, 1.165) is 35.3 Å². The van der Waals surface area contributed by atoms with Gasteiger partial charge in [-0.25, -0.2) is 0 Å². The van der Waals surface area contributed by atoms with Gasteiger partial charge in [-0.3, -0.25) is 0 Å². The lowest BCUT2D eigenvalue weighted by molar-refractivity contribution is 0.293. The Morgan fingerprint density at radius 1 is 1.15 bits per heavy atom. The zero-order valence-electron chi connectivity index (χ0n) is 15.8. The first-order chi connectivity index (χ1) is 13.0. The van der Waals surface area contributed by atoms with Crippen LogP contribution in [0.3, 0.4) is 0 Å². The zero-order valence-corrected chi connectivity index (χ0v) is 17.4. The number of hydrogen-bond acceptors (Lipinski definition) is 4. The molecule has 0 radical (unpaired) electrons. The molecule has 0 spiro atoms. The van der Waals surface area contributed by atoms with Gasteiger partial charge >= 0.3 is 0 Å². The van der Waals surface area contributed by atoms with E-state index in [0.29, 0.717) is 35.4 Å². The summed E-state index contributed by atoms with van der Waals surface area (Å²) in [7, 11) is 0. The van der Waals surface area contributed by atoms with Crippen molar-refractivity contribution in [3.63, 3.8) is 0 Å². The Balaban J connectivity index is 2.36. The van der Waals surface area contributed by atoms with Crippen molar-refractivity contribution in [2.75, 3.05) is 12.5 Å². The van der Waals surface area contributed by atoms with Crippen LogP contribution < -0.4 is 15.2 Å². The molecule has 0 fully saturated rings. The van der Waals surface area contributed by atoms with Gasteiger partial charge in [0.25, 0.3) is 0 Å². The number of benzene rings is 2. The smallest absolute Gasteiger partial charge is 0.132 e. The molecule has 0 aliphatic rings. The molecular formula is C22H26ClNO2S. The Hall–Kier alpha value is -2.04. The fourth-order valence-electron chi connectivity index (χ4n) is 2.59. The summed E-state index contributed by atoms with van der Waals surface area (Å²) in [5.74, 6) is 2.08. The van der Waals surface area contributed by atoms with Gasteiger partial charge in [-0.1, -0.05) is 49.5 Å². The lowest BCUT2D eigenvalue weighted by Gasteiger charge is -2.17. The van der Waals surface area contributed by atoms with E-state index in [2.05, 4.69) is 6.92 Å². The van der Waals surface area contributed by atoms with Gasteiger partial charge < -0.3 is 15.2 Å². The van der Waals surface area contributed by atoms with Crippen molar-refractivity contribution in [3.8, 4) is 11.5 Å². The molecule has 2 N–H and O–H groups in total. The van der Waals surface area contributed by atoms with E-state index in [-0.39, 0.29) is 0 Å². The molecule has 2 aromatic rings. The number of halogens is 1. The summed E-state index contributed by atoms with van der Waals surface area (Å²) in [6, 6.07) is 14.0. The van der Waals surface area contributed by atoms with Gasteiger partial charge in [0.2, 0.25) is 0 Å². The van der Waals surface area contributed by atoms with E-state index in [1.54, 1.807) is 6.08 Å². The molecule has 3 nitrogen and oxygen atoms in total. The lowest BCUT2D eigenvalue weighted by Crippen LogP contribution is -2.07. The third-order valence-corrected chi connectivity index (χ3v) is 4.55. The number of hydrogen-bond donors (Lipinski definition) is 1. The number of allylic oxidation sites excluding steroid dienone is 2. The molecule has 2 rings (SSSR count). The van der Waals surface area contributed by atoms with Gasteiger partial charge in [0.05, 0.1) is 11.5 Å². The van der Waals surface area contributed by atoms with Gasteiger partial charge in [-0.05, 0) is 43.0 Å². The quantitative estimate of drug-likeness (QED) is 0.189. The summed E-state index contributed by atoms with van der Waals surface area (Å²) >= 11 is 11.3. The Morgan fingerprint density at radius 3 is 2.52 bits per heavy atom. The second-order valence-corrected chi connectivity index (χ2v) is 7.05. The number of ether oxygens (including phenoxy) is 2. The fourth-order valence-corrected chi connectivity index (χ4v) is 3.04. The first-order valence-corrected chi connectivity index (χ1v) is 10.00. The number of nitrogens with two attached hydrogens (primary N) is 1. The molecule has 0 aliphatic carbocycles. The molecule has 0 bridgehead atoms. The fraction of sp³-hybridized carbons (Fsp3) is 0.318. The van der Waals surface area contributed by atoms with Crippen LogP contribution in [0.1, 0.15) is 37.0 Å². The van der Waals surface area contributed by atoms with Gasteiger partial charge in [0.1, 0.15) is 18.1 Å². The number of rotatable bonds is 10. The summed E-state index contributed by atoms with van der Waals surface area (Å²) in [6.45, 7) is 4.93. The van der Waals surface area contributed by atoms with Crippen LogP contribution in [0.2, 0.25) is 0 Å². The van der Waals surface area contributed by atoms with Gasteiger partial charge in [0.15, 0.2) is 0 Å². The predicted octanol–water partition coefficient (Wildman–Crippen LogP) is 5.42. The molecule has 0 saturated heterocycles. The number of thiocarbonyl (C=S) groups is 1. The van der Waals surface area contributed by atoms with Crippen molar-refractivity contribution in [2.45, 2.75) is 33.3 Å². The Bertz CT molecular complexity index is 786. The van der Waals surface area contributed by atoms with Gasteiger partial charge in [-0.15, -0.1) is 11.6 Å². The van der Waals surface area contributed by atoms with Crippen LogP contribution in [0.4, 0.5) is 0 Å². The second-order valence-electron chi connectivity index (χ2n) is 6.23. The Morgan fingerprint density at radius 2 is 1.89 bits per heavy atom. The van der Waals surface area contributed by atoms with Crippen LogP contribution >= 0.6 is 23.8 Å². The molecule has 144 valence electrons. The topological polar surface area (TPSA) is 44.5 Å². The molecule has 0 aromatic heterocycles. The van der Waals surface area contributed by atoms with Crippen molar-refractivity contribution in [3.05, 3.63) is 70.9 Å². The summed E-state index contributed by atoms with van der Waals surface area (Å²) in [6.07, 6.45) is 3.41. The minimum atomic E-state index is 0.453. The van der Waals surface area contributed by atoms with Crippen molar-refractivity contribution >= 4 is 28.7 Å². The Labute approximate surface area is 172 Å². The summed E-state index contributed by atoms with van der Waals surface area (Å²) < 4.78 is 12.0. The van der Waals surface area contributed by atoms with Crippen molar-refractivity contribution < 1.29 is 9.47 Å². The molecule has 2 aromatic carbocycles. The minimum Gasteiger partial charge on any atom is -0.493 e. The predicted molar refractivity (Wildman–Crippen MR) is 117 cm³/mol. The maximum atomic E-state index is 6.11. The molecule has 0 aliphatic heterocycles. The van der Waals surface area contributed by atoms with E-state index < -0.39 is 0 Å². The highest BCUT2D eigenvalue weighted by molar-refractivity contribution is 7.81. The summed E-state index contributed by atoms with van der Waals surface area (Å²) in [5.41, 5.74) is 9.51. The maximum absolute atomic E-state index is 6.11. The molecule has 27 heavy (non-hydrogen) atoms.